The molecule has 0 atom stereocenters. The van der Waals surface area contributed by atoms with Crippen LogP contribution in [0.5, 0.6) is 5.75 Å². The summed E-state index contributed by atoms with van der Waals surface area (Å²) in [6.45, 7) is 1.79. The van der Waals surface area contributed by atoms with Gasteiger partial charge < -0.3 is 9.64 Å². The van der Waals surface area contributed by atoms with Crippen molar-refractivity contribution in [2.24, 2.45) is 0 Å². The highest BCUT2D eigenvalue weighted by Gasteiger charge is 2.32. The Morgan fingerprint density at radius 1 is 0.968 bits per heavy atom. The number of imide groups is 1. The number of benzene rings is 2. The van der Waals surface area contributed by atoms with Crippen molar-refractivity contribution in [3.8, 4) is 16.9 Å². The SMILES string of the molecule is O=C1CCCN1C(=O)N1CCC(Oc2ccc(-c3cnc4ccccc4c3)cc2)CC1. The fraction of sp³-hybridized carbons (Fsp3) is 0.320. The Balaban J connectivity index is 1.18. The molecule has 0 spiro atoms. The summed E-state index contributed by atoms with van der Waals surface area (Å²) in [4.78, 5) is 32.0. The van der Waals surface area contributed by atoms with E-state index in [0.717, 1.165) is 47.0 Å². The van der Waals surface area contributed by atoms with Crippen molar-refractivity contribution in [2.45, 2.75) is 31.8 Å². The summed E-state index contributed by atoms with van der Waals surface area (Å²) < 4.78 is 6.16. The van der Waals surface area contributed by atoms with E-state index in [-0.39, 0.29) is 18.0 Å². The molecule has 158 valence electrons. The van der Waals surface area contributed by atoms with Gasteiger partial charge in [0.05, 0.1) is 5.52 Å². The number of carbonyl (C=O) groups excluding carboxylic acids is 2. The Labute approximate surface area is 181 Å². The van der Waals surface area contributed by atoms with Gasteiger partial charge in [0.15, 0.2) is 0 Å². The smallest absolute Gasteiger partial charge is 0.326 e. The van der Waals surface area contributed by atoms with Crippen LogP contribution in [0.2, 0.25) is 0 Å². The Kier molecular flexibility index (Phi) is 5.28. The highest BCUT2D eigenvalue weighted by Crippen LogP contribution is 2.26. The van der Waals surface area contributed by atoms with Crippen LogP contribution in [0.3, 0.4) is 0 Å². The number of hydrogen-bond acceptors (Lipinski definition) is 4. The minimum atomic E-state index is -0.144. The number of pyridine rings is 1. The van der Waals surface area contributed by atoms with Crippen molar-refractivity contribution in [3.05, 3.63) is 60.8 Å². The third-order valence-electron chi connectivity index (χ3n) is 6.10. The number of urea groups is 1. The molecule has 3 amide bonds. The number of rotatable bonds is 3. The first-order valence-electron chi connectivity index (χ1n) is 10.9. The lowest BCUT2D eigenvalue weighted by Crippen LogP contribution is -2.48. The first kappa shape index (κ1) is 19.5. The van der Waals surface area contributed by atoms with E-state index in [1.54, 1.807) is 4.90 Å². The number of fused-ring (bicyclic) bond motifs is 1. The van der Waals surface area contributed by atoms with E-state index in [4.69, 9.17) is 4.74 Å². The Hall–Kier alpha value is -3.41. The van der Waals surface area contributed by atoms with E-state index in [2.05, 4.69) is 29.2 Å². The van der Waals surface area contributed by atoms with Gasteiger partial charge in [0.1, 0.15) is 11.9 Å². The average molecular weight is 415 g/mol. The zero-order valence-electron chi connectivity index (χ0n) is 17.4. The van der Waals surface area contributed by atoms with Gasteiger partial charge in [-0.2, -0.15) is 0 Å². The number of para-hydroxylation sites is 1. The normalized spacial score (nSPS) is 17.4. The van der Waals surface area contributed by atoms with Crippen molar-refractivity contribution in [1.29, 1.82) is 0 Å². The van der Waals surface area contributed by atoms with Crippen LogP contribution in [-0.2, 0) is 4.79 Å². The number of ether oxygens (including phenoxy) is 1. The molecule has 0 saturated carbocycles. The van der Waals surface area contributed by atoms with Crippen LogP contribution in [0.15, 0.2) is 60.8 Å². The summed E-state index contributed by atoms with van der Waals surface area (Å²) in [5.41, 5.74) is 3.17. The minimum Gasteiger partial charge on any atom is -0.490 e. The third-order valence-corrected chi connectivity index (χ3v) is 6.10. The second kappa shape index (κ2) is 8.38. The second-order valence-electron chi connectivity index (χ2n) is 8.18. The maximum Gasteiger partial charge on any atom is 0.326 e. The number of nitrogens with zero attached hydrogens (tertiary/aromatic N) is 3. The molecule has 0 aliphatic carbocycles. The molecule has 6 nitrogen and oxygen atoms in total. The fourth-order valence-electron chi connectivity index (χ4n) is 4.33. The van der Waals surface area contributed by atoms with Crippen molar-refractivity contribution in [1.82, 2.24) is 14.8 Å². The highest BCUT2D eigenvalue weighted by atomic mass is 16.5. The third kappa shape index (κ3) is 4.10. The van der Waals surface area contributed by atoms with Crippen LogP contribution in [0.4, 0.5) is 4.79 Å². The zero-order valence-corrected chi connectivity index (χ0v) is 17.4. The van der Waals surface area contributed by atoms with Crippen LogP contribution in [0.1, 0.15) is 25.7 Å². The summed E-state index contributed by atoms with van der Waals surface area (Å²) in [7, 11) is 0. The van der Waals surface area contributed by atoms with Crippen LogP contribution >= 0.6 is 0 Å². The van der Waals surface area contributed by atoms with E-state index < -0.39 is 0 Å². The molecule has 31 heavy (non-hydrogen) atoms. The lowest BCUT2D eigenvalue weighted by atomic mass is 10.1. The number of aromatic nitrogens is 1. The predicted molar refractivity (Wildman–Crippen MR) is 119 cm³/mol. The van der Waals surface area contributed by atoms with Gasteiger partial charge >= 0.3 is 6.03 Å². The van der Waals surface area contributed by atoms with Gasteiger partial charge in [-0.25, -0.2) is 4.79 Å². The Morgan fingerprint density at radius 3 is 2.48 bits per heavy atom. The van der Waals surface area contributed by atoms with Crippen molar-refractivity contribution in [3.63, 3.8) is 0 Å². The topological polar surface area (TPSA) is 62.7 Å². The Morgan fingerprint density at radius 2 is 1.74 bits per heavy atom. The molecule has 2 aliphatic heterocycles. The molecule has 2 aliphatic rings. The van der Waals surface area contributed by atoms with E-state index in [0.29, 0.717) is 26.1 Å². The molecule has 2 fully saturated rings. The number of carbonyl (C=O) groups is 2. The van der Waals surface area contributed by atoms with Gasteiger partial charge in [0.25, 0.3) is 0 Å². The van der Waals surface area contributed by atoms with Crippen LogP contribution in [0, 0.1) is 0 Å². The predicted octanol–water partition coefficient (Wildman–Crippen LogP) is 4.49. The lowest BCUT2D eigenvalue weighted by molar-refractivity contribution is -0.125. The molecule has 0 unspecified atom stereocenters. The van der Waals surface area contributed by atoms with Gasteiger partial charge in [0.2, 0.25) is 5.91 Å². The molecule has 3 aromatic rings. The van der Waals surface area contributed by atoms with Crippen molar-refractivity contribution < 1.29 is 14.3 Å². The minimum absolute atomic E-state index is 0.0509. The standard InChI is InChI=1S/C25H25N3O3/c29-24-6-3-13-28(24)25(30)27-14-11-22(12-15-27)31-21-9-7-18(8-10-21)20-16-19-4-1-2-5-23(19)26-17-20/h1-2,4-5,7-10,16-17,22H,3,6,11-15H2. The van der Waals surface area contributed by atoms with Gasteiger partial charge in [0, 0.05) is 56.0 Å². The summed E-state index contributed by atoms with van der Waals surface area (Å²) in [5, 5.41) is 1.12. The summed E-state index contributed by atoms with van der Waals surface area (Å²) >= 11 is 0. The van der Waals surface area contributed by atoms with Gasteiger partial charge in [-0.1, -0.05) is 30.3 Å². The van der Waals surface area contributed by atoms with Gasteiger partial charge in [-0.3, -0.25) is 14.7 Å². The maximum absolute atomic E-state index is 12.5. The summed E-state index contributed by atoms with van der Waals surface area (Å²) in [6.07, 6.45) is 4.77. The Bertz CT molecular complexity index is 1100. The van der Waals surface area contributed by atoms with Crippen molar-refractivity contribution >= 4 is 22.8 Å². The molecular formula is C25H25N3O3. The number of hydrogen-bond donors (Lipinski definition) is 0. The average Bonchev–Trinajstić information content (AvgIpc) is 3.25. The largest absolute Gasteiger partial charge is 0.490 e. The number of likely N-dealkylation sites (tertiary alicyclic amines) is 2. The van der Waals surface area contributed by atoms with E-state index >= 15 is 0 Å². The highest BCUT2D eigenvalue weighted by molar-refractivity contribution is 5.95. The van der Waals surface area contributed by atoms with Crippen LogP contribution in [0.25, 0.3) is 22.0 Å². The van der Waals surface area contributed by atoms with Crippen molar-refractivity contribution in [2.75, 3.05) is 19.6 Å². The molecule has 0 N–H and O–H groups in total. The first-order chi connectivity index (χ1) is 15.2. The monoisotopic (exact) mass is 415 g/mol. The van der Waals surface area contributed by atoms with Gasteiger partial charge in [-0.15, -0.1) is 0 Å². The molecule has 2 aromatic carbocycles. The van der Waals surface area contributed by atoms with Crippen LogP contribution in [-0.4, -0.2) is 52.5 Å². The maximum atomic E-state index is 12.5. The summed E-state index contributed by atoms with van der Waals surface area (Å²) in [6, 6.07) is 18.2. The number of piperidine rings is 1. The second-order valence-corrected chi connectivity index (χ2v) is 8.18. The molecule has 0 bridgehead atoms. The molecular weight excluding hydrogens is 390 g/mol. The first-order valence-corrected chi connectivity index (χ1v) is 10.9. The summed E-state index contributed by atoms with van der Waals surface area (Å²) in [5.74, 6) is 0.780. The molecule has 0 radical (unpaired) electrons. The molecule has 5 rings (SSSR count). The van der Waals surface area contributed by atoms with Crippen LogP contribution < -0.4 is 4.74 Å². The molecule has 3 heterocycles. The van der Waals surface area contributed by atoms with Gasteiger partial charge in [-0.05, 0) is 36.2 Å². The zero-order chi connectivity index (χ0) is 21.2. The lowest BCUT2D eigenvalue weighted by Gasteiger charge is -2.34. The molecule has 1 aromatic heterocycles. The fourth-order valence-corrected chi connectivity index (χ4v) is 4.33. The molecule has 6 heteroatoms. The quantitative estimate of drug-likeness (QED) is 0.632. The van der Waals surface area contributed by atoms with E-state index in [9.17, 15) is 9.59 Å². The number of amides is 3. The van der Waals surface area contributed by atoms with E-state index in [1.165, 1.54) is 4.90 Å². The molecule has 2 saturated heterocycles. The van der Waals surface area contributed by atoms with E-state index in [1.807, 2.05) is 36.5 Å².